The van der Waals surface area contributed by atoms with Crippen LogP contribution in [-0.4, -0.2) is 25.7 Å². The second-order valence-corrected chi connectivity index (χ2v) is 6.81. The summed E-state index contributed by atoms with van der Waals surface area (Å²) in [6, 6.07) is 16.1. The van der Waals surface area contributed by atoms with Gasteiger partial charge in [0.1, 0.15) is 29.2 Å². The number of halogens is 1. The van der Waals surface area contributed by atoms with Crippen LogP contribution in [0.3, 0.4) is 0 Å². The Morgan fingerprint density at radius 1 is 0.966 bits per heavy atom. The average Bonchev–Trinajstić information content (AvgIpc) is 3.31. The largest absolute Gasteiger partial charge is 0.427 e. The van der Waals surface area contributed by atoms with Gasteiger partial charge in [0.15, 0.2) is 0 Å². The molecule has 3 heterocycles. The van der Waals surface area contributed by atoms with E-state index < -0.39 is 11.4 Å². The molecule has 2 aromatic heterocycles. The molecule has 3 N–H and O–H groups in total. The summed E-state index contributed by atoms with van der Waals surface area (Å²) < 4.78 is 15.6. The topological polar surface area (TPSA) is 89.3 Å². The summed E-state index contributed by atoms with van der Waals surface area (Å²) in [5.74, 6) is -0.267. The molecule has 1 aliphatic heterocycles. The number of aliphatic imine (C=N–C) groups is 1. The first-order chi connectivity index (χ1) is 14.1. The van der Waals surface area contributed by atoms with Crippen molar-refractivity contribution in [3.63, 3.8) is 0 Å². The normalized spacial score (nSPS) is 17.8. The van der Waals surface area contributed by atoms with Crippen molar-refractivity contribution < 1.29 is 9.60 Å². The van der Waals surface area contributed by atoms with E-state index in [1.807, 2.05) is 42.5 Å². The molecule has 1 unspecified atom stereocenters. The molecule has 142 valence electrons. The number of pyridine rings is 1. The standard InChI is InChI=1S/C22H16FN5O/c23-18-6-2-5-17-20(18)21(24)27-22(17,15-7-9-25-10-8-15)16-4-1-3-14(11-16)19-12-26-13-28(19)29/h1-13,29H,(H2,24,27). The Morgan fingerprint density at radius 3 is 2.52 bits per heavy atom. The lowest BCUT2D eigenvalue weighted by Crippen LogP contribution is -2.25. The number of nitrogens with two attached hydrogens (primary N) is 1. The Morgan fingerprint density at radius 2 is 1.76 bits per heavy atom. The van der Waals surface area contributed by atoms with Gasteiger partial charge in [0.05, 0.1) is 11.8 Å². The van der Waals surface area contributed by atoms with Gasteiger partial charge < -0.3 is 10.9 Å². The lowest BCUT2D eigenvalue weighted by atomic mass is 9.77. The maximum absolute atomic E-state index is 14.7. The van der Waals surface area contributed by atoms with Gasteiger partial charge in [0, 0.05) is 23.5 Å². The summed E-state index contributed by atoms with van der Waals surface area (Å²) in [6.07, 6.45) is 6.23. The fraction of sp³-hybridized carbons (Fsp3) is 0.0455. The molecule has 6 nitrogen and oxygen atoms in total. The Balaban J connectivity index is 1.82. The number of nitrogens with zero attached hydrogens (tertiary/aromatic N) is 4. The first-order valence-corrected chi connectivity index (χ1v) is 8.99. The van der Waals surface area contributed by atoms with Crippen LogP contribution >= 0.6 is 0 Å². The minimum atomic E-state index is -1.03. The van der Waals surface area contributed by atoms with E-state index in [0.717, 1.165) is 21.4 Å². The summed E-state index contributed by atoms with van der Waals surface area (Å²) in [5, 5.41) is 10.0. The van der Waals surface area contributed by atoms with E-state index in [2.05, 4.69) is 9.97 Å². The highest BCUT2D eigenvalue weighted by molar-refractivity contribution is 6.03. The predicted molar refractivity (Wildman–Crippen MR) is 106 cm³/mol. The quantitative estimate of drug-likeness (QED) is 0.530. The van der Waals surface area contributed by atoms with Crippen LogP contribution in [0.5, 0.6) is 0 Å². The zero-order valence-corrected chi connectivity index (χ0v) is 15.2. The van der Waals surface area contributed by atoms with Gasteiger partial charge in [0.25, 0.3) is 0 Å². The molecule has 0 fully saturated rings. The maximum atomic E-state index is 14.7. The number of benzene rings is 2. The Labute approximate surface area is 165 Å². The van der Waals surface area contributed by atoms with E-state index in [1.165, 1.54) is 12.4 Å². The zero-order chi connectivity index (χ0) is 20.0. The van der Waals surface area contributed by atoms with Gasteiger partial charge in [-0.2, -0.15) is 4.73 Å². The first kappa shape index (κ1) is 17.1. The summed E-state index contributed by atoms with van der Waals surface area (Å²) in [5.41, 5.74) is 9.02. The van der Waals surface area contributed by atoms with E-state index in [9.17, 15) is 9.60 Å². The smallest absolute Gasteiger partial charge is 0.139 e. The number of fused-ring (bicyclic) bond motifs is 1. The van der Waals surface area contributed by atoms with Crippen molar-refractivity contribution in [1.82, 2.24) is 14.7 Å². The van der Waals surface area contributed by atoms with Crippen molar-refractivity contribution >= 4 is 5.84 Å². The third kappa shape index (κ3) is 2.44. The third-order valence-electron chi connectivity index (χ3n) is 5.24. The van der Waals surface area contributed by atoms with Gasteiger partial charge in [-0.05, 0) is 35.4 Å². The summed E-state index contributed by atoms with van der Waals surface area (Å²) in [7, 11) is 0. The molecule has 1 atom stereocenters. The van der Waals surface area contributed by atoms with Crippen LogP contribution < -0.4 is 5.73 Å². The van der Waals surface area contributed by atoms with E-state index in [-0.39, 0.29) is 5.84 Å². The van der Waals surface area contributed by atoms with Crippen LogP contribution in [-0.2, 0) is 5.54 Å². The Bertz CT molecular complexity index is 1250. The lowest BCUT2D eigenvalue weighted by molar-refractivity contribution is 0.190. The van der Waals surface area contributed by atoms with E-state index in [1.54, 1.807) is 24.7 Å². The van der Waals surface area contributed by atoms with Gasteiger partial charge in [-0.25, -0.2) is 14.4 Å². The molecule has 1 aliphatic rings. The molecule has 2 aromatic carbocycles. The first-order valence-electron chi connectivity index (χ1n) is 8.99. The highest BCUT2D eigenvalue weighted by Crippen LogP contribution is 2.46. The van der Waals surface area contributed by atoms with Crippen LogP contribution in [0.4, 0.5) is 4.39 Å². The highest BCUT2D eigenvalue weighted by Gasteiger charge is 2.44. The van der Waals surface area contributed by atoms with Gasteiger partial charge in [0.2, 0.25) is 0 Å². The molecule has 4 aromatic rings. The van der Waals surface area contributed by atoms with Crippen LogP contribution in [0, 0.1) is 5.82 Å². The average molecular weight is 385 g/mol. The number of imidazole rings is 1. The van der Waals surface area contributed by atoms with E-state index in [4.69, 9.17) is 10.7 Å². The predicted octanol–water partition coefficient (Wildman–Crippen LogP) is 3.33. The molecule has 0 saturated carbocycles. The number of hydrogen-bond acceptors (Lipinski definition) is 5. The Hall–Kier alpha value is -4.00. The number of hydrogen-bond donors (Lipinski definition) is 2. The second kappa shape index (κ2) is 6.27. The van der Waals surface area contributed by atoms with Crippen molar-refractivity contribution in [2.75, 3.05) is 0 Å². The molecule has 0 bridgehead atoms. The fourth-order valence-electron chi connectivity index (χ4n) is 3.98. The number of aromatic nitrogens is 3. The van der Waals surface area contributed by atoms with Crippen molar-refractivity contribution in [2.45, 2.75) is 5.54 Å². The van der Waals surface area contributed by atoms with Crippen molar-refractivity contribution in [3.05, 3.63) is 108 Å². The van der Waals surface area contributed by atoms with E-state index >= 15 is 0 Å². The number of rotatable bonds is 3. The molecule has 5 rings (SSSR count). The van der Waals surface area contributed by atoms with Crippen LogP contribution in [0.25, 0.3) is 11.3 Å². The van der Waals surface area contributed by atoms with Crippen LogP contribution in [0.2, 0.25) is 0 Å². The van der Waals surface area contributed by atoms with Gasteiger partial charge in [-0.3, -0.25) is 4.98 Å². The van der Waals surface area contributed by atoms with Crippen LogP contribution in [0.1, 0.15) is 22.3 Å². The summed E-state index contributed by atoms with van der Waals surface area (Å²) in [4.78, 5) is 12.8. The fourth-order valence-corrected chi connectivity index (χ4v) is 3.98. The molecule has 0 radical (unpaired) electrons. The molecule has 29 heavy (non-hydrogen) atoms. The highest BCUT2D eigenvalue weighted by atomic mass is 19.1. The van der Waals surface area contributed by atoms with Crippen LogP contribution in [0.15, 0.2) is 84.5 Å². The minimum absolute atomic E-state index is 0.146. The van der Waals surface area contributed by atoms with Crippen molar-refractivity contribution in [2.24, 2.45) is 10.7 Å². The zero-order valence-electron chi connectivity index (χ0n) is 15.2. The lowest BCUT2D eigenvalue weighted by Gasteiger charge is -2.29. The minimum Gasteiger partial charge on any atom is -0.427 e. The third-order valence-corrected chi connectivity index (χ3v) is 5.24. The molecule has 7 heteroatoms. The molecule has 0 spiro atoms. The second-order valence-electron chi connectivity index (χ2n) is 6.81. The monoisotopic (exact) mass is 385 g/mol. The van der Waals surface area contributed by atoms with Gasteiger partial charge in [-0.15, -0.1) is 0 Å². The molecular formula is C22H16FN5O. The summed E-state index contributed by atoms with van der Waals surface area (Å²) in [6.45, 7) is 0. The molecule has 0 saturated heterocycles. The maximum Gasteiger partial charge on any atom is 0.139 e. The Kier molecular flexibility index (Phi) is 3.70. The van der Waals surface area contributed by atoms with Crippen molar-refractivity contribution in [3.8, 4) is 11.3 Å². The van der Waals surface area contributed by atoms with Gasteiger partial charge in [-0.1, -0.05) is 30.3 Å². The van der Waals surface area contributed by atoms with Gasteiger partial charge >= 0.3 is 0 Å². The van der Waals surface area contributed by atoms with Crippen molar-refractivity contribution in [1.29, 1.82) is 0 Å². The molecular weight excluding hydrogens is 369 g/mol. The molecule has 0 amide bonds. The summed E-state index contributed by atoms with van der Waals surface area (Å²) >= 11 is 0. The number of amidine groups is 1. The van der Waals surface area contributed by atoms with E-state index in [0.29, 0.717) is 16.8 Å². The molecule has 0 aliphatic carbocycles. The SMILES string of the molecule is NC1=NC(c2ccncc2)(c2cccc(-c3cncn3O)c2)c2cccc(F)c21.